The molecule has 0 radical (unpaired) electrons. The van der Waals surface area contributed by atoms with Crippen molar-refractivity contribution < 1.29 is 14.3 Å². The summed E-state index contributed by atoms with van der Waals surface area (Å²) >= 11 is 6.28. The van der Waals surface area contributed by atoms with Crippen LogP contribution in [-0.4, -0.2) is 50.4 Å². The Kier molecular flexibility index (Phi) is 6.27. The maximum atomic E-state index is 13.4. The monoisotopic (exact) mass is 467 g/mol. The Balaban J connectivity index is 1.79. The van der Waals surface area contributed by atoms with Gasteiger partial charge < -0.3 is 15.4 Å². The van der Waals surface area contributed by atoms with Gasteiger partial charge in [0.1, 0.15) is 5.69 Å². The van der Waals surface area contributed by atoms with Gasteiger partial charge in [-0.3, -0.25) is 14.7 Å². The number of amides is 2. The molecule has 0 aliphatic rings. The number of nitrogens with zero attached hydrogens (tertiary/aromatic N) is 4. The van der Waals surface area contributed by atoms with Gasteiger partial charge in [0.15, 0.2) is 5.82 Å². The number of aryl methyl sites for hydroxylation is 1. The lowest BCUT2D eigenvalue weighted by atomic mass is 10.0. The Morgan fingerprint density at radius 2 is 2.09 bits per heavy atom. The van der Waals surface area contributed by atoms with Crippen LogP contribution >= 0.6 is 11.6 Å². The largest absolute Gasteiger partial charge is 0.480 e. The van der Waals surface area contributed by atoms with Crippen LogP contribution in [0.25, 0.3) is 16.7 Å². The van der Waals surface area contributed by atoms with E-state index in [9.17, 15) is 9.59 Å². The van der Waals surface area contributed by atoms with Crippen molar-refractivity contribution in [3.8, 4) is 11.7 Å². The first kappa shape index (κ1) is 22.3. The number of H-pyrrole nitrogens is 1. The molecule has 3 aromatic heterocycles. The first-order chi connectivity index (χ1) is 15.9. The van der Waals surface area contributed by atoms with Crippen LogP contribution in [0.2, 0.25) is 5.02 Å². The van der Waals surface area contributed by atoms with E-state index in [0.29, 0.717) is 33.9 Å². The number of hydrogen-bond acceptors (Lipinski definition) is 6. The van der Waals surface area contributed by atoms with Crippen LogP contribution in [0.5, 0.6) is 5.88 Å². The van der Waals surface area contributed by atoms with Crippen molar-refractivity contribution in [2.45, 2.75) is 20.3 Å². The molecule has 0 spiro atoms. The molecule has 0 unspecified atom stereocenters. The molecule has 0 aliphatic carbocycles. The third-order valence-corrected chi connectivity index (χ3v) is 5.30. The molecule has 0 bridgehead atoms. The van der Waals surface area contributed by atoms with E-state index in [2.05, 4.69) is 30.9 Å². The number of rotatable bonds is 7. The lowest BCUT2D eigenvalue weighted by Crippen LogP contribution is -2.27. The number of pyridine rings is 1. The zero-order valence-electron chi connectivity index (χ0n) is 18.3. The molecule has 0 aliphatic heterocycles. The Labute approximate surface area is 194 Å². The topological polar surface area (TPSA) is 127 Å². The van der Waals surface area contributed by atoms with Crippen LogP contribution in [0.1, 0.15) is 39.8 Å². The van der Waals surface area contributed by atoms with Gasteiger partial charge in [-0.15, -0.1) is 5.10 Å². The predicted octanol–water partition coefficient (Wildman–Crippen LogP) is 3.51. The van der Waals surface area contributed by atoms with Gasteiger partial charge in [0.05, 0.1) is 35.1 Å². The summed E-state index contributed by atoms with van der Waals surface area (Å²) in [6, 6.07) is 6.64. The van der Waals surface area contributed by atoms with E-state index in [1.807, 2.05) is 19.9 Å². The minimum absolute atomic E-state index is 0.136. The van der Waals surface area contributed by atoms with Crippen LogP contribution < -0.4 is 15.4 Å². The van der Waals surface area contributed by atoms with E-state index >= 15 is 0 Å². The number of fused-ring (bicyclic) bond motifs is 1. The summed E-state index contributed by atoms with van der Waals surface area (Å²) in [7, 11) is 1.45. The van der Waals surface area contributed by atoms with Gasteiger partial charge >= 0.3 is 0 Å². The molecular weight excluding hydrogens is 446 g/mol. The lowest BCUT2D eigenvalue weighted by Gasteiger charge is -2.15. The zero-order chi connectivity index (χ0) is 23.5. The molecule has 170 valence electrons. The van der Waals surface area contributed by atoms with Crippen molar-refractivity contribution in [2.75, 3.05) is 19.0 Å². The average molecular weight is 468 g/mol. The molecule has 1 aromatic carbocycles. The Morgan fingerprint density at radius 3 is 2.82 bits per heavy atom. The van der Waals surface area contributed by atoms with E-state index in [-0.39, 0.29) is 23.3 Å². The van der Waals surface area contributed by atoms with Crippen molar-refractivity contribution in [2.24, 2.45) is 0 Å². The van der Waals surface area contributed by atoms with Gasteiger partial charge in [-0.25, -0.2) is 9.67 Å². The standard InChI is InChI=1S/C22H22ClN7O3/c1-4-7-25-22(32)17-18(12(2)9-13-11-26-28-19(13)17)27-21(31)15-10-16(33-3)29-30(15)20-14(23)6-5-8-24-20/h5-6,8-11H,4,7H2,1-3H3,(H,25,32)(H,26,28)(H,27,31). The van der Waals surface area contributed by atoms with E-state index in [1.165, 1.54) is 17.9 Å². The van der Waals surface area contributed by atoms with Gasteiger partial charge in [-0.05, 0) is 37.1 Å². The van der Waals surface area contributed by atoms with Crippen molar-refractivity contribution in [3.05, 3.63) is 58.5 Å². The Bertz CT molecular complexity index is 1350. The van der Waals surface area contributed by atoms with Gasteiger partial charge in [0, 0.05) is 24.2 Å². The number of halogens is 1. The van der Waals surface area contributed by atoms with Gasteiger partial charge in [0.25, 0.3) is 11.8 Å². The summed E-state index contributed by atoms with van der Waals surface area (Å²) < 4.78 is 6.52. The fraction of sp³-hybridized carbons (Fsp3) is 0.227. The molecule has 0 saturated heterocycles. The molecule has 33 heavy (non-hydrogen) atoms. The molecular formula is C22H22ClN7O3. The normalized spacial score (nSPS) is 10.9. The smallest absolute Gasteiger partial charge is 0.274 e. The molecule has 2 amide bonds. The number of carbonyl (C=O) groups is 2. The summed E-state index contributed by atoms with van der Waals surface area (Å²) in [5.41, 5.74) is 2.04. The second-order valence-electron chi connectivity index (χ2n) is 7.28. The minimum Gasteiger partial charge on any atom is -0.480 e. The van der Waals surface area contributed by atoms with E-state index in [0.717, 1.165) is 11.8 Å². The zero-order valence-corrected chi connectivity index (χ0v) is 19.0. The van der Waals surface area contributed by atoms with Crippen molar-refractivity contribution in [3.63, 3.8) is 0 Å². The Hall–Kier alpha value is -3.92. The molecule has 0 atom stereocenters. The highest BCUT2D eigenvalue weighted by molar-refractivity contribution is 6.32. The lowest BCUT2D eigenvalue weighted by molar-refractivity contribution is 0.0956. The van der Waals surface area contributed by atoms with Crippen LogP contribution in [0.4, 0.5) is 5.69 Å². The fourth-order valence-corrected chi connectivity index (χ4v) is 3.64. The van der Waals surface area contributed by atoms with Crippen LogP contribution in [-0.2, 0) is 0 Å². The highest BCUT2D eigenvalue weighted by atomic mass is 35.5. The minimum atomic E-state index is -0.515. The Morgan fingerprint density at radius 1 is 1.27 bits per heavy atom. The molecule has 3 heterocycles. The van der Waals surface area contributed by atoms with Gasteiger partial charge in [-0.1, -0.05) is 18.5 Å². The number of benzene rings is 1. The number of methoxy groups -OCH3 is 1. The number of aromatic nitrogens is 5. The third kappa shape index (κ3) is 4.24. The van der Waals surface area contributed by atoms with E-state index < -0.39 is 5.91 Å². The quantitative estimate of drug-likeness (QED) is 0.381. The summed E-state index contributed by atoms with van der Waals surface area (Å²) in [5.74, 6) is -0.346. The fourth-order valence-electron chi connectivity index (χ4n) is 3.44. The number of anilines is 1. The first-order valence-electron chi connectivity index (χ1n) is 10.3. The summed E-state index contributed by atoms with van der Waals surface area (Å²) in [5, 5.41) is 18.0. The highest BCUT2D eigenvalue weighted by Crippen LogP contribution is 2.30. The maximum Gasteiger partial charge on any atom is 0.274 e. The van der Waals surface area contributed by atoms with Crippen LogP contribution in [0.3, 0.4) is 0 Å². The second-order valence-corrected chi connectivity index (χ2v) is 7.69. The van der Waals surface area contributed by atoms with Crippen molar-refractivity contribution in [1.29, 1.82) is 0 Å². The summed E-state index contributed by atoms with van der Waals surface area (Å²) in [6.45, 7) is 4.27. The third-order valence-electron chi connectivity index (χ3n) is 5.00. The van der Waals surface area contributed by atoms with Crippen molar-refractivity contribution >= 4 is 40.0 Å². The predicted molar refractivity (Wildman–Crippen MR) is 124 cm³/mol. The van der Waals surface area contributed by atoms with E-state index in [4.69, 9.17) is 16.3 Å². The van der Waals surface area contributed by atoms with Crippen molar-refractivity contribution in [1.82, 2.24) is 30.3 Å². The molecule has 3 N–H and O–H groups in total. The number of carbonyl (C=O) groups excluding carboxylic acids is 2. The molecule has 4 aromatic rings. The number of aromatic amines is 1. The van der Waals surface area contributed by atoms with Crippen LogP contribution in [0.15, 0.2) is 36.7 Å². The number of nitrogens with one attached hydrogen (secondary N) is 3. The summed E-state index contributed by atoms with van der Waals surface area (Å²) in [4.78, 5) is 30.7. The average Bonchev–Trinajstić information content (AvgIpc) is 3.45. The van der Waals surface area contributed by atoms with Gasteiger partial charge in [0.2, 0.25) is 5.88 Å². The maximum absolute atomic E-state index is 13.4. The SMILES string of the molecule is CCCNC(=O)c1c(NC(=O)c2cc(OC)nn2-c2ncccc2Cl)c(C)cc2cn[nH]c12. The van der Waals surface area contributed by atoms with E-state index in [1.54, 1.807) is 24.5 Å². The number of hydrogen-bond donors (Lipinski definition) is 3. The number of ether oxygens (including phenoxy) is 1. The molecule has 0 fully saturated rings. The van der Waals surface area contributed by atoms with Gasteiger partial charge in [-0.2, -0.15) is 5.10 Å². The van der Waals surface area contributed by atoms with Crippen LogP contribution in [0, 0.1) is 6.92 Å². The second kappa shape index (κ2) is 9.29. The molecule has 4 rings (SSSR count). The first-order valence-corrected chi connectivity index (χ1v) is 10.6. The molecule has 11 heteroatoms. The molecule has 10 nitrogen and oxygen atoms in total. The molecule has 0 saturated carbocycles. The highest BCUT2D eigenvalue weighted by Gasteiger charge is 2.24. The summed E-state index contributed by atoms with van der Waals surface area (Å²) in [6.07, 6.45) is 3.95.